The molecule has 0 aromatic carbocycles. The summed E-state index contributed by atoms with van der Waals surface area (Å²) < 4.78 is 0. The first-order chi connectivity index (χ1) is 9.72. The number of thiazole rings is 1. The van der Waals surface area contributed by atoms with Crippen LogP contribution in [0.1, 0.15) is 21.7 Å². The highest BCUT2D eigenvalue weighted by molar-refractivity contribution is 7.07. The third kappa shape index (κ3) is 3.41. The number of hydrogen-bond acceptors (Lipinski definition) is 5. The van der Waals surface area contributed by atoms with Crippen molar-refractivity contribution in [3.05, 3.63) is 46.2 Å². The van der Waals surface area contributed by atoms with Gasteiger partial charge in [-0.1, -0.05) is 11.8 Å². The quantitative estimate of drug-likeness (QED) is 0.858. The number of hydrogen-bond donors (Lipinski definition) is 1. The zero-order valence-electron chi connectivity index (χ0n) is 11.0. The molecule has 0 saturated heterocycles. The SMILES string of the molecule is CN(Cc1cscn1)C(=O)c1ncccc1C#CCN. The summed E-state index contributed by atoms with van der Waals surface area (Å²) in [6.45, 7) is 0.694. The minimum absolute atomic E-state index is 0.181. The normalized spacial score (nSPS) is 9.70. The molecule has 2 aromatic rings. The van der Waals surface area contributed by atoms with Gasteiger partial charge >= 0.3 is 0 Å². The third-order valence-corrected chi connectivity index (χ3v) is 3.20. The van der Waals surface area contributed by atoms with E-state index in [0.717, 1.165) is 5.69 Å². The van der Waals surface area contributed by atoms with Gasteiger partial charge in [-0.25, -0.2) is 9.97 Å². The molecule has 2 N–H and O–H groups in total. The van der Waals surface area contributed by atoms with Gasteiger partial charge in [0.25, 0.3) is 5.91 Å². The molecule has 0 saturated carbocycles. The maximum atomic E-state index is 12.4. The lowest BCUT2D eigenvalue weighted by Crippen LogP contribution is -2.27. The second-order valence-electron chi connectivity index (χ2n) is 4.05. The molecule has 1 amide bonds. The van der Waals surface area contributed by atoms with Gasteiger partial charge in [0.05, 0.1) is 29.9 Å². The Bertz CT molecular complexity index is 643. The first kappa shape index (κ1) is 14.2. The molecule has 0 fully saturated rings. The fourth-order valence-electron chi connectivity index (χ4n) is 1.63. The molecule has 0 aliphatic heterocycles. The highest BCUT2D eigenvalue weighted by Gasteiger charge is 2.17. The molecule has 0 spiro atoms. The topological polar surface area (TPSA) is 72.1 Å². The number of nitrogens with zero attached hydrogens (tertiary/aromatic N) is 3. The molecule has 2 aromatic heterocycles. The van der Waals surface area contributed by atoms with E-state index < -0.39 is 0 Å². The number of nitrogens with two attached hydrogens (primary N) is 1. The molecule has 0 aliphatic carbocycles. The summed E-state index contributed by atoms with van der Waals surface area (Å²) in [6, 6.07) is 3.51. The Morgan fingerprint density at radius 3 is 3.05 bits per heavy atom. The fourth-order valence-corrected chi connectivity index (χ4v) is 2.18. The van der Waals surface area contributed by atoms with Crippen LogP contribution in [0.5, 0.6) is 0 Å². The van der Waals surface area contributed by atoms with Gasteiger partial charge in [0.1, 0.15) is 5.69 Å². The molecule has 0 aliphatic rings. The summed E-state index contributed by atoms with van der Waals surface area (Å²) in [5.74, 6) is 5.43. The molecule has 5 nitrogen and oxygen atoms in total. The monoisotopic (exact) mass is 286 g/mol. The van der Waals surface area contributed by atoms with Crippen LogP contribution in [0, 0.1) is 11.8 Å². The lowest BCUT2D eigenvalue weighted by atomic mass is 10.1. The van der Waals surface area contributed by atoms with E-state index in [1.807, 2.05) is 5.38 Å². The summed E-state index contributed by atoms with van der Waals surface area (Å²) in [5, 5.41) is 1.91. The highest BCUT2D eigenvalue weighted by Crippen LogP contribution is 2.10. The second kappa shape index (κ2) is 6.80. The Balaban J connectivity index is 2.20. The van der Waals surface area contributed by atoms with Crippen LogP contribution < -0.4 is 5.73 Å². The third-order valence-electron chi connectivity index (χ3n) is 2.56. The lowest BCUT2D eigenvalue weighted by molar-refractivity contribution is 0.0777. The standard InChI is InChI=1S/C14H14N4OS/c1-18(8-12-9-20-10-17-12)14(19)13-11(4-2-6-15)5-3-7-16-13/h3,5,7,9-10H,6,8,15H2,1H3. The molecule has 2 rings (SSSR count). The molecule has 20 heavy (non-hydrogen) atoms. The van der Waals surface area contributed by atoms with Gasteiger partial charge in [0.2, 0.25) is 0 Å². The number of amides is 1. The number of rotatable bonds is 3. The molecule has 0 atom stereocenters. The largest absolute Gasteiger partial charge is 0.334 e. The van der Waals surface area contributed by atoms with Crippen molar-refractivity contribution in [1.29, 1.82) is 0 Å². The van der Waals surface area contributed by atoms with E-state index in [0.29, 0.717) is 17.8 Å². The predicted molar refractivity (Wildman–Crippen MR) is 78.1 cm³/mol. The van der Waals surface area contributed by atoms with Crippen molar-refractivity contribution >= 4 is 17.2 Å². The lowest BCUT2D eigenvalue weighted by Gasteiger charge is -2.16. The van der Waals surface area contributed by atoms with Gasteiger partial charge in [-0.2, -0.15) is 0 Å². The van der Waals surface area contributed by atoms with Crippen LogP contribution in [0.3, 0.4) is 0 Å². The van der Waals surface area contributed by atoms with Crippen LogP contribution in [-0.2, 0) is 6.54 Å². The van der Waals surface area contributed by atoms with Crippen LogP contribution in [0.15, 0.2) is 29.2 Å². The van der Waals surface area contributed by atoms with Gasteiger partial charge in [0, 0.05) is 18.6 Å². The van der Waals surface area contributed by atoms with Gasteiger partial charge in [-0.3, -0.25) is 4.79 Å². The van der Waals surface area contributed by atoms with Gasteiger partial charge in [-0.15, -0.1) is 11.3 Å². The van der Waals surface area contributed by atoms with Gasteiger partial charge in [0.15, 0.2) is 0 Å². The molecule has 0 radical (unpaired) electrons. The predicted octanol–water partition coefficient (Wildman–Crippen LogP) is 1.12. The summed E-state index contributed by atoms with van der Waals surface area (Å²) in [7, 11) is 1.72. The van der Waals surface area contributed by atoms with Crippen molar-refractivity contribution in [1.82, 2.24) is 14.9 Å². The minimum atomic E-state index is -0.181. The van der Waals surface area contributed by atoms with Gasteiger partial charge < -0.3 is 10.6 Å². The Hall–Kier alpha value is -2.23. The van der Waals surface area contributed by atoms with E-state index in [1.165, 1.54) is 11.3 Å². The number of carbonyl (C=O) groups excluding carboxylic acids is 1. The summed E-state index contributed by atoms with van der Waals surface area (Å²) in [4.78, 5) is 22.3. The summed E-state index contributed by atoms with van der Waals surface area (Å²) in [5.41, 5.74) is 8.89. The van der Waals surface area contributed by atoms with Crippen molar-refractivity contribution in [3.8, 4) is 11.8 Å². The Morgan fingerprint density at radius 2 is 2.35 bits per heavy atom. The Labute approximate surface area is 121 Å². The Kier molecular flexibility index (Phi) is 4.82. The molecule has 102 valence electrons. The van der Waals surface area contributed by atoms with Crippen LogP contribution >= 0.6 is 11.3 Å². The molecular weight excluding hydrogens is 272 g/mol. The maximum absolute atomic E-state index is 12.4. The second-order valence-corrected chi connectivity index (χ2v) is 4.77. The van der Waals surface area contributed by atoms with Gasteiger partial charge in [-0.05, 0) is 12.1 Å². The Morgan fingerprint density at radius 1 is 1.50 bits per heavy atom. The van der Waals surface area contributed by atoms with E-state index in [-0.39, 0.29) is 12.5 Å². The molecule has 6 heteroatoms. The van der Waals surface area contributed by atoms with Crippen molar-refractivity contribution in [2.75, 3.05) is 13.6 Å². The zero-order chi connectivity index (χ0) is 14.4. The highest BCUT2D eigenvalue weighted by atomic mass is 32.1. The first-order valence-electron chi connectivity index (χ1n) is 5.99. The van der Waals surface area contributed by atoms with Crippen LogP contribution in [0.4, 0.5) is 0 Å². The zero-order valence-corrected chi connectivity index (χ0v) is 11.9. The molecule has 2 heterocycles. The number of pyridine rings is 1. The summed E-state index contributed by atoms with van der Waals surface area (Å²) >= 11 is 1.50. The van der Waals surface area contributed by atoms with Crippen molar-refractivity contribution in [2.45, 2.75) is 6.54 Å². The van der Waals surface area contributed by atoms with E-state index in [2.05, 4.69) is 21.8 Å². The van der Waals surface area contributed by atoms with Crippen LogP contribution in [0.25, 0.3) is 0 Å². The van der Waals surface area contributed by atoms with Crippen LogP contribution in [-0.4, -0.2) is 34.4 Å². The number of aromatic nitrogens is 2. The summed E-state index contributed by atoms with van der Waals surface area (Å²) in [6.07, 6.45) is 1.58. The van der Waals surface area contributed by atoms with E-state index in [1.54, 1.807) is 35.8 Å². The minimum Gasteiger partial charge on any atom is -0.334 e. The smallest absolute Gasteiger partial charge is 0.273 e. The van der Waals surface area contributed by atoms with Crippen LogP contribution in [0.2, 0.25) is 0 Å². The maximum Gasteiger partial charge on any atom is 0.273 e. The van der Waals surface area contributed by atoms with Crippen molar-refractivity contribution in [2.24, 2.45) is 5.73 Å². The van der Waals surface area contributed by atoms with E-state index in [9.17, 15) is 4.79 Å². The first-order valence-corrected chi connectivity index (χ1v) is 6.93. The molecule has 0 unspecified atom stereocenters. The number of carbonyl (C=O) groups is 1. The van der Waals surface area contributed by atoms with E-state index >= 15 is 0 Å². The van der Waals surface area contributed by atoms with Crippen molar-refractivity contribution in [3.63, 3.8) is 0 Å². The van der Waals surface area contributed by atoms with Crippen molar-refractivity contribution < 1.29 is 4.79 Å². The molecule has 0 bridgehead atoms. The average Bonchev–Trinajstić information content (AvgIpc) is 2.97. The molecular formula is C14H14N4OS. The van der Waals surface area contributed by atoms with E-state index in [4.69, 9.17) is 5.73 Å². The average molecular weight is 286 g/mol. The fraction of sp³-hybridized carbons (Fsp3) is 0.214.